The highest BCUT2D eigenvalue weighted by atomic mass is 16.2. The van der Waals surface area contributed by atoms with E-state index in [1.807, 2.05) is 25.1 Å². The summed E-state index contributed by atoms with van der Waals surface area (Å²) >= 11 is 0. The Bertz CT molecular complexity index is 584. The van der Waals surface area contributed by atoms with Gasteiger partial charge in [-0.2, -0.15) is 0 Å². The van der Waals surface area contributed by atoms with Gasteiger partial charge >= 0.3 is 0 Å². The summed E-state index contributed by atoms with van der Waals surface area (Å²) in [6.07, 6.45) is 7.98. The average Bonchev–Trinajstić information content (AvgIpc) is 3.12. The minimum atomic E-state index is -0.0414. The molecule has 1 unspecified atom stereocenters. The summed E-state index contributed by atoms with van der Waals surface area (Å²) in [5.74, 6) is 0.375. The molecule has 0 bridgehead atoms. The molecule has 1 atom stereocenters. The molecule has 2 fully saturated rings. The Kier molecular flexibility index (Phi) is 4.94. The van der Waals surface area contributed by atoms with Crippen molar-refractivity contribution < 1.29 is 9.59 Å². The van der Waals surface area contributed by atoms with E-state index in [1.54, 1.807) is 12.4 Å². The molecular formula is C18H28N4O2. The molecule has 0 saturated carbocycles. The van der Waals surface area contributed by atoms with E-state index in [0.29, 0.717) is 6.42 Å². The molecule has 6 nitrogen and oxygen atoms in total. The fourth-order valence-corrected chi connectivity index (χ4v) is 4.08. The molecule has 6 heteroatoms. The van der Waals surface area contributed by atoms with Crippen LogP contribution >= 0.6 is 0 Å². The van der Waals surface area contributed by atoms with Crippen molar-refractivity contribution in [1.82, 2.24) is 19.7 Å². The minimum Gasteiger partial charge on any atom is -0.367 e. The van der Waals surface area contributed by atoms with Gasteiger partial charge in [0.05, 0.1) is 5.56 Å². The number of aromatic amines is 1. The standard InChI is InChI=1S/C18H28N4O2/c1-20(2)12-13-22-16(23)4-7-18(22)6-3-10-21(11-8-18)17(24)15-5-9-19-14-15/h5,9,14,19H,3-4,6-8,10-13H2,1-2H3. The lowest BCUT2D eigenvalue weighted by atomic mass is 9.87. The Morgan fingerprint density at radius 1 is 1.29 bits per heavy atom. The van der Waals surface area contributed by atoms with Crippen molar-refractivity contribution in [1.29, 1.82) is 0 Å². The third kappa shape index (κ3) is 3.34. The maximum atomic E-state index is 12.6. The molecule has 0 aromatic carbocycles. The van der Waals surface area contributed by atoms with Gasteiger partial charge in [0, 0.05) is 50.5 Å². The topological polar surface area (TPSA) is 59.6 Å². The van der Waals surface area contributed by atoms with Crippen LogP contribution in [0.1, 0.15) is 42.5 Å². The maximum Gasteiger partial charge on any atom is 0.255 e. The van der Waals surface area contributed by atoms with Crippen molar-refractivity contribution in [2.45, 2.75) is 37.6 Å². The van der Waals surface area contributed by atoms with E-state index in [1.165, 1.54) is 0 Å². The van der Waals surface area contributed by atoms with Crippen LogP contribution in [-0.4, -0.2) is 77.3 Å². The molecular weight excluding hydrogens is 304 g/mol. The zero-order valence-electron chi connectivity index (χ0n) is 14.8. The van der Waals surface area contributed by atoms with Crippen LogP contribution in [0.2, 0.25) is 0 Å². The Labute approximate surface area is 143 Å². The number of nitrogens with zero attached hydrogens (tertiary/aromatic N) is 3. The fraction of sp³-hybridized carbons (Fsp3) is 0.667. The molecule has 2 aliphatic rings. The molecule has 0 radical (unpaired) electrons. The van der Waals surface area contributed by atoms with Gasteiger partial charge in [0.1, 0.15) is 0 Å². The number of rotatable bonds is 4. The monoisotopic (exact) mass is 332 g/mol. The molecule has 0 aliphatic carbocycles. The van der Waals surface area contributed by atoms with Crippen molar-refractivity contribution in [3.8, 4) is 0 Å². The first-order valence-corrected chi connectivity index (χ1v) is 8.89. The van der Waals surface area contributed by atoms with Gasteiger partial charge < -0.3 is 19.7 Å². The first kappa shape index (κ1) is 17.0. The van der Waals surface area contributed by atoms with Gasteiger partial charge in [-0.05, 0) is 45.8 Å². The van der Waals surface area contributed by atoms with Crippen LogP contribution in [-0.2, 0) is 4.79 Å². The molecule has 1 spiro atoms. The summed E-state index contributed by atoms with van der Waals surface area (Å²) in [4.78, 5) is 34.1. The lowest BCUT2D eigenvalue weighted by molar-refractivity contribution is -0.131. The number of nitrogens with one attached hydrogen (secondary N) is 1. The molecule has 1 aromatic rings. The molecule has 1 N–H and O–H groups in total. The summed E-state index contributed by atoms with van der Waals surface area (Å²) in [5.41, 5.74) is 0.679. The zero-order valence-corrected chi connectivity index (χ0v) is 14.8. The normalized spacial score (nSPS) is 24.9. The third-order valence-electron chi connectivity index (χ3n) is 5.50. The molecule has 24 heavy (non-hydrogen) atoms. The Morgan fingerprint density at radius 3 is 2.83 bits per heavy atom. The molecule has 3 heterocycles. The molecule has 2 aliphatic heterocycles. The van der Waals surface area contributed by atoms with Crippen molar-refractivity contribution in [3.05, 3.63) is 24.0 Å². The molecule has 2 amide bonds. The van der Waals surface area contributed by atoms with E-state index in [2.05, 4.69) is 14.8 Å². The lowest BCUT2D eigenvalue weighted by Crippen LogP contribution is -2.49. The van der Waals surface area contributed by atoms with E-state index >= 15 is 0 Å². The largest absolute Gasteiger partial charge is 0.367 e. The van der Waals surface area contributed by atoms with Gasteiger partial charge in [-0.15, -0.1) is 0 Å². The van der Waals surface area contributed by atoms with Gasteiger partial charge in [0.25, 0.3) is 5.91 Å². The Morgan fingerprint density at radius 2 is 2.12 bits per heavy atom. The predicted octanol–water partition coefficient (Wildman–Crippen LogP) is 1.56. The molecule has 132 valence electrons. The number of likely N-dealkylation sites (N-methyl/N-ethyl adjacent to an activating group) is 1. The Balaban J connectivity index is 1.69. The van der Waals surface area contributed by atoms with Crippen molar-refractivity contribution in [2.24, 2.45) is 0 Å². The zero-order chi connectivity index (χ0) is 17.2. The number of hydrogen-bond acceptors (Lipinski definition) is 3. The van der Waals surface area contributed by atoms with Gasteiger partial charge in [-0.25, -0.2) is 0 Å². The van der Waals surface area contributed by atoms with Crippen LogP contribution in [0.15, 0.2) is 18.5 Å². The van der Waals surface area contributed by atoms with E-state index < -0.39 is 0 Å². The van der Waals surface area contributed by atoms with E-state index in [-0.39, 0.29) is 17.4 Å². The van der Waals surface area contributed by atoms with E-state index in [0.717, 1.165) is 57.4 Å². The van der Waals surface area contributed by atoms with Gasteiger partial charge in [-0.1, -0.05) is 0 Å². The summed E-state index contributed by atoms with van der Waals surface area (Å²) in [5, 5.41) is 0. The summed E-state index contributed by atoms with van der Waals surface area (Å²) in [6, 6.07) is 1.82. The second kappa shape index (κ2) is 6.97. The van der Waals surface area contributed by atoms with Gasteiger partial charge in [0.2, 0.25) is 5.91 Å². The summed E-state index contributed by atoms with van der Waals surface area (Å²) in [7, 11) is 4.08. The smallest absolute Gasteiger partial charge is 0.255 e. The van der Waals surface area contributed by atoms with Gasteiger partial charge in [0.15, 0.2) is 0 Å². The van der Waals surface area contributed by atoms with Crippen LogP contribution in [0.5, 0.6) is 0 Å². The summed E-state index contributed by atoms with van der Waals surface area (Å²) < 4.78 is 0. The van der Waals surface area contributed by atoms with Crippen molar-refractivity contribution >= 4 is 11.8 Å². The first-order chi connectivity index (χ1) is 11.5. The summed E-state index contributed by atoms with van der Waals surface area (Å²) in [6.45, 7) is 3.19. The quantitative estimate of drug-likeness (QED) is 0.910. The third-order valence-corrected chi connectivity index (χ3v) is 5.50. The SMILES string of the molecule is CN(C)CCN1C(=O)CCC12CCCN(C(=O)c1cc[nH]c1)CC2. The highest BCUT2D eigenvalue weighted by Crippen LogP contribution is 2.39. The average molecular weight is 332 g/mol. The van der Waals surface area contributed by atoms with E-state index in [9.17, 15) is 9.59 Å². The number of likely N-dealkylation sites (tertiary alicyclic amines) is 2. The number of H-pyrrole nitrogens is 1. The molecule has 3 rings (SSSR count). The maximum absolute atomic E-state index is 12.6. The number of carbonyl (C=O) groups excluding carboxylic acids is 2. The van der Waals surface area contributed by atoms with Crippen LogP contribution in [0.3, 0.4) is 0 Å². The fourth-order valence-electron chi connectivity index (χ4n) is 4.08. The minimum absolute atomic E-state index is 0.0414. The first-order valence-electron chi connectivity index (χ1n) is 8.89. The highest BCUT2D eigenvalue weighted by Gasteiger charge is 2.45. The number of amides is 2. The lowest BCUT2D eigenvalue weighted by Gasteiger charge is -2.38. The van der Waals surface area contributed by atoms with Crippen LogP contribution < -0.4 is 0 Å². The number of aromatic nitrogens is 1. The highest BCUT2D eigenvalue weighted by molar-refractivity contribution is 5.94. The van der Waals surface area contributed by atoms with Crippen molar-refractivity contribution in [2.75, 3.05) is 40.3 Å². The van der Waals surface area contributed by atoms with Crippen LogP contribution in [0.25, 0.3) is 0 Å². The van der Waals surface area contributed by atoms with Crippen LogP contribution in [0.4, 0.5) is 0 Å². The van der Waals surface area contributed by atoms with Gasteiger partial charge in [-0.3, -0.25) is 9.59 Å². The number of carbonyl (C=O) groups is 2. The predicted molar refractivity (Wildman–Crippen MR) is 92.8 cm³/mol. The van der Waals surface area contributed by atoms with E-state index in [4.69, 9.17) is 0 Å². The second-order valence-electron chi connectivity index (χ2n) is 7.32. The Hall–Kier alpha value is -1.82. The molecule has 1 aromatic heterocycles. The second-order valence-corrected chi connectivity index (χ2v) is 7.32. The van der Waals surface area contributed by atoms with Crippen molar-refractivity contribution in [3.63, 3.8) is 0 Å². The van der Waals surface area contributed by atoms with Crippen LogP contribution in [0, 0.1) is 0 Å². The molecule has 2 saturated heterocycles. The number of hydrogen-bond donors (Lipinski definition) is 1.